The van der Waals surface area contributed by atoms with Crippen LogP contribution in [0.1, 0.15) is 41.6 Å². The molecule has 0 saturated carbocycles. The molecule has 2 aromatic rings. The Hall–Kier alpha value is -2.52. The van der Waals surface area contributed by atoms with Crippen LogP contribution >= 0.6 is 0 Å². The van der Waals surface area contributed by atoms with Crippen molar-refractivity contribution >= 4 is 26.0 Å². The lowest BCUT2D eigenvalue weighted by atomic mass is 9.83. The average Bonchev–Trinajstić information content (AvgIpc) is 3.18. The number of nitrogens with two attached hydrogens (primary N) is 1. The van der Waals surface area contributed by atoms with E-state index in [0.29, 0.717) is 37.3 Å². The molecule has 2 saturated heterocycles. The predicted octanol–water partition coefficient (Wildman–Crippen LogP) is 1.90. The fraction of sp³-hybridized carbons (Fsp3) is 0.500. The Morgan fingerprint density at radius 1 is 0.925 bits per heavy atom. The van der Waals surface area contributed by atoms with Crippen molar-refractivity contribution in [1.82, 2.24) is 14.3 Å². The van der Waals surface area contributed by atoms with Crippen LogP contribution in [0.25, 0.3) is 0 Å². The fourth-order valence-electron chi connectivity index (χ4n) is 5.61. The van der Waals surface area contributed by atoms with Crippen LogP contribution in [0.2, 0.25) is 0 Å². The van der Waals surface area contributed by atoms with E-state index in [-0.39, 0.29) is 43.1 Å². The molecule has 0 aromatic heterocycles. The van der Waals surface area contributed by atoms with Crippen LogP contribution in [-0.4, -0.2) is 69.8 Å². The number of sulfonamides is 2. The van der Waals surface area contributed by atoms with Crippen molar-refractivity contribution in [2.24, 2.45) is 11.7 Å². The number of nitrogens with one attached hydrogen (secondary N) is 2. The molecule has 0 radical (unpaired) electrons. The molecule has 0 spiro atoms. The second-order valence-electron chi connectivity index (χ2n) is 10.3. The summed E-state index contributed by atoms with van der Waals surface area (Å²) in [5.74, 6) is -4.68. The number of rotatable bonds is 12. The highest BCUT2D eigenvalue weighted by atomic mass is 32.2. The van der Waals surface area contributed by atoms with Crippen molar-refractivity contribution in [2.45, 2.75) is 50.2 Å². The third-order valence-electron chi connectivity index (χ3n) is 7.55. The third kappa shape index (κ3) is 7.40. The van der Waals surface area contributed by atoms with Gasteiger partial charge >= 0.3 is 0 Å². The van der Waals surface area contributed by atoms with Gasteiger partial charge in [0.15, 0.2) is 11.6 Å². The quantitative estimate of drug-likeness (QED) is 0.317. The molecule has 4 atom stereocenters. The van der Waals surface area contributed by atoms with E-state index in [1.165, 1.54) is 4.31 Å². The predicted molar refractivity (Wildman–Crippen MR) is 144 cm³/mol. The summed E-state index contributed by atoms with van der Waals surface area (Å²) in [7, 11) is -7.62. The first-order chi connectivity index (χ1) is 18.9. The van der Waals surface area contributed by atoms with Crippen molar-refractivity contribution in [3.8, 4) is 0 Å². The van der Waals surface area contributed by atoms with Gasteiger partial charge < -0.3 is 11.1 Å². The lowest BCUT2D eigenvalue weighted by molar-refractivity contribution is 0.0956. The van der Waals surface area contributed by atoms with Gasteiger partial charge in [0.1, 0.15) is 5.82 Å². The molecule has 4 rings (SSSR count). The summed E-state index contributed by atoms with van der Waals surface area (Å²) in [5, 5.41) is 2.52. The minimum atomic E-state index is -3.83. The Labute approximate surface area is 232 Å². The van der Waals surface area contributed by atoms with Gasteiger partial charge in [0.05, 0.1) is 11.5 Å². The Kier molecular flexibility index (Phi) is 9.55. The average molecular weight is 603 g/mol. The Balaban J connectivity index is 1.26. The number of carbonyl (C=O) groups excluding carboxylic acids is 1. The third-order valence-corrected chi connectivity index (χ3v) is 10.9. The zero-order valence-corrected chi connectivity index (χ0v) is 23.4. The van der Waals surface area contributed by atoms with E-state index >= 15 is 0 Å². The van der Waals surface area contributed by atoms with Gasteiger partial charge in [-0.3, -0.25) is 4.79 Å². The molecule has 2 aliphatic rings. The molecule has 0 aliphatic carbocycles. The zero-order valence-electron chi connectivity index (χ0n) is 21.7. The van der Waals surface area contributed by atoms with Gasteiger partial charge in [0.25, 0.3) is 5.91 Å². The number of piperidine rings is 1. The van der Waals surface area contributed by atoms with Gasteiger partial charge in [0, 0.05) is 42.8 Å². The maximum Gasteiger partial charge on any atom is 0.251 e. The smallest absolute Gasteiger partial charge is 0.251 e. The summed E-state index contributed by atoms with van der Waals surface area (Å²) in [4.78, 5) is 12.1. The van der Waals surface area contributed by atoms with E-state index in [9.17, 15) is 34.8 Å². The van der Waals surface area contributed by atoms with Gasteiger partial charge in [-0.05, 0) is 61.8 Å². The highest BCUT2D eigenvalue weighted by Gasteiger charge is 2.47. The second-order valence-corrected chi connectivity index (χ2v) is 14.2. The first-order valence-electron chi connectivity index (χ1n) is 13.1. The van der Waals surface area contributed by atoms with Crippen LogP contribution in [0.3, 0.4) is 0 Å². The summed E-state index contributed by atoms with van der Waals surface area (Å²) in [5.41, 5.74) is 6.68. The molecular formula is C26H33F3N4O5S2. The molecule has 14 heteroatoms. The van der Waals surface area contributed by atoms with Crippen LogP contribution < -0.4 is 15.8 Å². The van der Waals surface area contributed by atoms with Gasteiger partial charge in [-0.25, -0.2) is 34.7 Å². The van der Waals surface area contributed by atoms with Crippen LogP contribution in [0.4, 0.5) is 13.2 Å². The van der Waals surface area contributed by atoms with Crippen molar-refractivity contribution < 1.29 is 34.8 Å². The molecule has 40 heavy (non-hydrogen) atoms. The molecule has 220 valence electrons. The van der Waals surface area contributed by atoms with Crippen molar-refractivity contribution in [2.75, 3.05) is 24.6 Å². The second kappa shape index (κ2) is 12.6. The lowest BCUT2D eigenvalue weighted by Crippen LogP contribution is -2.51. The number of nitrogens with zero attached hydrogens (tertiary/aromatic N) is 1. The van der Waals surface area contributed by atoms with E-state index in [4.69, 9.17) is 5.73 Å². The number of halogens is 3. The molecule has 4 N–H and O–H groups in total. The van der Waals surface area contributed by atoms with Gasteiger partial charge in [0.2, 0.25) is 20.0 Å². The van der Waals surface area contributed by atoms with Gasteiger partial charge in [-0.1, -0.05) is 18.2 Å². The lowest BCUT2D eigenvalue weighted by Gasteiger charge is -2.40. The monoisotopic (exact) mass is 602 g/mol. The van der Waals surface area contributed by atoms with Crippen molar-refractivity contribution in [1.29, 1.82) is 0 Å². The number of hydrogen-bond donors (Lipinski definition) is 3. The molecule has 2 heterocycles. The summed E-state index contributed by atoms with van der Waals surface area (Å²) >= 11 is 0. The highest BCUT2D eigenvalue weighted by molar-refractivity contribution is 7.90. The highest BCUT2D eigenvalue weighted by Crippen LogP contribution is 2.42. The summed E-state index contributed by atoms with van der Waals surface area (Å²) in [6.07, 6.45) is 2.12. The van der Waals surface area contributed by atoms with E-state index in [1.807, 2.05) is 0 Å². The number of fused-ring (bicyclic) bond motifs is 2. The Bertz CT molecular complexity index is 1410. The molecule has 1 amide bonds. The molecule has 9 nitrogen and oxygen atoms in total. The SMILES string of the molecule is N[C@H](Cc1cc(F)c(F)cc1F)[C@@H]1C[C@H]2CC[C@@H](C1)N2S(=O)(=O)CCNS(=O)(=O)CCNC(=O)c1ccccc1. The van der Waals surface area contributed by atoms with Crippen molar-refractivity contribution in [3.05, 3.63) is 71.0 Å². The molecule has 0 unspecified atom stereocenters. The fourth-order valence-corrected chi connectivity index (χ4v) is 8.53. The summed E-state index contributed by atoms with van der Waals surface area (Å²) in [6, 6.07) is 8.42. The van der Waals surface area contributed by atoms with E-state index in [0.717, 1.165) is 6.07 Å². The minimum absolute atomic E-state index is 0.00648. The van der Waals surface area contributed by atoms with Crippen LogP contribution in [0.15, 0.2) is 42.5 Å². The Morgan fingerprint density at radius 2 is 1.55 bits per heavy atom. The molecule has 2 fully saturated rings. The van der Waals surface area contributed by atoms with Crippen LogP contribution in [-0.2, 0) is 26.5 Å². The molecule has 2 bridgehead atoms. The van der Waals surface area contributed by atoms with Crippen LogP contribution in [0.5, 0.6) is 0 Å². The first kappa shape index (κ1) is 30.4. The molecular weight excluding hydrogens is 569 g/mol. The normalized spacial score (nSPS) is 22.2. The largest absolute Gasteiger partial charge is 0.351 e. The maximum atomic E-state index is 14.1. The zero-order chi connectivity index (χ0) is 29.1. The van der Waals surface area contributed by atoms with Crippen LogP contribution in [0, 0.1) is 23.4 Å². The number of carbonyl (C=O) groups is 1. The Morgan fingerprint density at radius 3 is 2.20 bits per heavy atom. The summed E-state index contributed by atoms with van der Waals surface area (Å²) in [6.45, 7) is -0.451. The summed E-state index contributed by atoms with van der Waals surface area (Å²) < 4.78 is 95.6. The maximum absolute atomic E-state index is 14.1. The number of amides is 1. The molecule has 2 aliphatic heterocycles. The van der Waals surface area contributed by atoms with Gasteiger partial charge in [-0.15, -0.1) is 0 Å². The van der Waals surface area contributed by atoms with Gasteiger partial charge in [-0.2, -0.15) is 4.31 Å². The standard InChI is InChI=1S/C26H33F3N4O5S2/c27-22-16-24(29)23(28)14-18(22)15-25(30)19-12-20-6-7-21(13-19)33(20)40(37,38)11-9-32-39(35,36)10-8-31-26(34)17-4-2-1-3-5-17/h1-5,14,16,19-21,25,32H,6-13,15,30H2,(H,31,34)/t19-,20-,21+,25-/m1/s1. The van der Waals surface area contributed by atoms with Crippen molar-refractivity contribution in [3.63, 3.8) is 0 Å². The van der Waals surface area contributed by atoms with E-state index in [1.54, 1.807) is 30.3 Å². The number of hydrogen-bond acceptors (Lipinski definition) is 6. The van der Waals surface area contributed by atoms with E-state index in [2.05, 4.69) is 10.0 Å². The minimum Gasteiger partial charge on any atom is -0.351 e. The number of benzene rings is 2. The first-order valence-corrected chi connectivity index (χ1v) is 16.3. The molecule has 2 aromatic carbocycles. The van der Waals surface area contributed by atoms with E-state index < -0.39 is 61.0 Å². The topological polar surface area (TPSA) is 139 Å².